The molecule has 22 heavy (non-hydrogen) atoms. The van der Waals surface area contributed by atoms with Crippen molar-refractivity contribution in [1.82, 2.24) is 14.6 Å². The van der Waals surface area contributed by atoms with E-state index >= 15 is 0 Å². The van der Waals surface area contributed by atoms with Crippen molar-refractivity contribution in [2.45, 2.75) is 33.6 Å². The second kappa shape index (κ2) is 6.22. The summed E-state index contributed by atoms with van der Waals surface area (Å²) in [6, 6.07) is 8.02. The number of aryl methyl sites for hydroxylation is 1. The molecule has 116 valence electrons. The van der Waals surface area contributed by atoms with Crippen LogP contribution in [0.25, 0.3) is 17.2 Å². The van der Waals surface area contributed by atoms with Crippen LogP contribution in [0.1, 0.15) is 32.4 Å². The Balaban J connectivity index is 0.000000693. The molecule has 0 amide bonds. The van der Waals surface area contributed by atoms with Gasteiger partial charge < -0.3 is 9.32 Å². The minimum absolute atomic E-state index is 0.636. The summed E-state index contributed by atoms with van der Waals surface area (Å²) in [6.07, 6.45) is 4.19. The fourth-order valence-electron chi connectivity index (χ4n) is 2.79. The summed E-state index contributed by atoms with van der Waals surface area (Å²) in [5.41, 5.74) is 3.21. The van der Waals surface area contributed by atoms with Crippen LogP contribution >= 0.6 is 0 Å². The number of furan rings is 1. The van der Waals surface area contributed by atoms with Crippen molar-refractivity contribution in [2.24, 2.45) is 0 Å². The molecule has 0 bridgehead atoms. The molecule has 0 spiro atoms. The molecule has 0 atom stereocenters. The van der Waals surface area contributed by atoms with Gasteiger partial charge in [0.15, 0.2) is 11.4 Å². The first kappa shape index (κ1) is 14.6. The predicted octanol–water partition coefficient (Wildman–Crippen LogP) is 3.92. The maximum Gasteiger partial charge on any atom is 0.217 e. The van der Waals surface area contributed by atoms with E-state index in [1.54, 1.807) is 6.26 Å². The predicted molar refractivity (Wildman–Crippen MR) is 88.2 cm³/mol. The number of rotatable bonds is 2. The van der Waals surface area contributed by atoms with Gasteiger partial charge in [0.25, 0.3) is 0 Å². The Morgan fingerprint density at radius 1 is 1.14 bits per heavy atom. The Bertz CT molecular complexity index is 739. The van der Waals surface area contributed by atoms with Crippen LogP contribution in [0.3, 0.4) is 0 Å². The Labute approximate surface area is 130 Å². The zero-order valence-electron chi connectivity index (χ0n) is 13.4. The van der Waals surface area contributed by atoms with Crippen molar-refractivity contribution in [2.75, 3.05) is 18.0 Å². The molecule has 5 nitrogen and oxygen atoms in total. The van der Waals surface area contributed by atoms with Gasteiger partial charge in [-0.2, -0.15) is 0 Å². The second-order valence-electron chi connectivity index (χ2n) is 5.23. The minimum Gasteiger partial charge on any atom is -0.461 e. The van der Waals surface area contributed by atoms with E-state index in [0.29, 0.717) is 11.6 Å². The van der Waals surface area contributed by atoms with Crippen LogP contribution in [0, 0.1) is 6.92 Å². The minimum atomic E-state index is 0.636. The number of hydrogen-bond acceptors (Lipinski definition) is 4. The van der Waals surface area contributed by atoms with Gasteiger partial charge in [-0.15, -0.1) is 5.10 Å². The molecule has 0 unspecified atom stereocenters. The van der Waals surface area contributed by atoms with E-state index in [4.69, 9.17) is 4.42 Å². The monoisotopic (exact) mass is 298 g/mol. The van der Waals surface area contributed by atoms with Crippen LogP contribution in [0.15, 0.2) is 34.9 Å². The number of anilines is 1. The molecule has 3 aromatic heterocycles. The lowest BCUT2D eigenvalue weighted by Gasteiger charge is -2.18. The quantitative estimate of drug-likeness (QED) is 0.719. The molecular formula is C17H22N4O. The second-order valence-corrected chi connectivity index (χ2v) is 5.23. The average molecular weight is 298 g/mol. The van der Waals surface area contributed by atoms with Crippen LogP contribution in [-0.4, -0.2) is 27.7 Å². The highest BCUT2D eigenvalue weighted by Crippen LogP contribution is 2.24. The number of fused-ring (bicyclic) bond motifs is 1. The van der Waals surface area contributed by atoms with Crippen LogP contribution in [0.5, 0.6) is 0 Å². The van der Waals surface area contributed by atoms with Crippen molar-refractivity contribution in [3.8, 4) is 11.6 Å². The first-order valence-electron chi connectivity index (χ1n) is 7.97. The van der Waals surface area contributed by atoms with E-state index < -0.39 is 0 Å². The lowest BCUT2D eigenvalue weighted by molar-refractivity contribution is 0.577. The van der Waals surface area contributed by atoms with Crippen molar-refractivity contribution in [3.05, 3.63) is 36.2 Å². The fraction of sp³-hybridized carbons (Fsp3) is 0.412. The average Bonchev–Trinajstić information content (AvgIpc) is 3.28. The molecule has 5 heteroatoms. The van der Waals surface area contributed by atoms with Gasteiger partial charge in [-0.25, -0.2) is 9.50 Å². The van der Waals surface area contributed by atoms with Gasteiger partial charge in [-0.05, 0) is 38.0 Å². The molecule has 1 fully saturated rings. The molecule has 0 N–H and O–H groups in total. The molecule has 0 radical (unpaired) electrons. The first-order chi connectivity index (χ1) is 10.8. The Morgan fingerprint density at radius 2 is 1.91 bits per heavy atom. The summed E-state index contributed by atoms with van der Waals surface area (Å²) in [6.45, 7) is 8.33. The lowest BCUT2D eigenvalue weighted by atomic mass is 10.3. The van der Waals surface area contributed by atoms with Crippen molar-refractivity contribution in [1.29, 1.82) is 0 Å². The van der Waals surface area contributed by atoms with E-state index in [-0.39, 0.29) is 0 Å². The molecule has 1 aliphatic rings. The van der Waals surface area contributed by atoms with Crippen molar-refractivity contribution >= 4 is 11.3 Å². The van der Waals surface area contributed by atoms with Gasteiger partial charge >= 0.3 is 0 Å². The summed E-state index contributed by atoms with van der Waals surface area (Å²) in [4.78, 5) is 6.99. The van der Waals surface area contributed by atoms with Crippen molar-refractivity contribution < 1.29 is 4.42 Å². The smallest absolute Gasteiger partial charge is 0.217 e. The van der Waals surface area contributed by atoms with Gasteiger partial charge in [-0.1, -0.05) is 13.8 Å². The summed E-state index contributed by atoms with van der Waals surface area (Å²) < 4.78 is 7.24. The highest BCUT2D eigenvalue weighted by atomic mass is 16.3. The SMILES string of the molecule is CC.Cc1cc(N2CCCC2)cc2nc(-c3ccco3)nn12. The molecule has 1 aliphatic heterocycles. The highest BCUT2D eigenvalue weighted by Gasteiger charge is 2.16. The lowest BCUT2D eigenvalue weighted by Crippen LogP contribution is -2.18. The van der Waals surface area contributed by atoms with Crippen molar-refractivity contribution in [3.63, 3.8) is 0 Å². The number of pyridine rings is 1. The molecule has 0 aromatic carbocycles. The molecule has 0 saturated carbocycles. The molecule has 4 rings (SSSR count). The fourth-order valence-corrected chi connectivity index (χ4v) is 2.79. The summed E-state index contributed by atoms with van der Waals surface area (Å²) in [5.74, 6) is 1.34. The molecule has 0 aliphatic carbocycles. The highest BCUT2D eigenvalue weighted by molar-refractivity contribution is 5.61. The Morgan fingerprint density at radius 3 is 2.59 bits per heavy atom. The third-order valence-corrected chi connectivity index (χ3v) is 3.81. The van der Waals surface area contributed by atoms with Crippen LogP contribution < -0.4 is 4.90 Å². The topological polar surface area (TPSA) is 46.6 Å². The third kappa shape index (κ3) is 2.58. The molecule has 3 aromatic rings. The number of aromatic nitrogens is 3. The van der Waals surface area contributed by atoms with Gasteiger partial charge in [0, 0.05) is 30.5 Å². The molecule has 1 saturated heterocycles. The summed E-state index contributed by atoms with van der Waals surface area (Å²) >= 11 is 0. The van der Waals surface area contributed by atoms with Gasteiger partial charge in [0.2, 0.25) is 5.82 Å². The zero-order valence-corrected chi connectivity index (χ0v) is 13.4. The van der Waals surface area contributed by atoms with Gasteiger partial charge in [0.1, 0.15) is 0 Å². The molecule has 4 heterocycles. The third-order valence-electron chi connectivity index (χ3n) is 3.81. The molecular weight excluding hydrogens is 276 g/mol. The normalized spacial score (nSPS) is 14.2. The van der Waals surface area contributed by atoms with E-state index in [1.165, 1.54) is 18.5 Å². The van der Waals surface area contributed by atoms with E-state index in [9.17, 15) is 0 Å². The maximum absolute atomic E-state index is 5.37. The number of nitrogens with zero attached hydrogens (tertiary/aromatic N) is 4. The zero-order chi connectivity index (χ0) is 15.5. The van der Waals surface area contributed by atoms with Gasteiger partial charge in [-0.3, -0.25) is 0 Å². The van der Waals surface area contributed by atoms with Crippen LogP contribution in [0.2, 0.25) is 0 Å². The summed E-state index contributed by atoms with van der Waals surface area (Å²) in [5, 5.41) is 4.52. The maximum atomic E-state index is 5.37. The standard InChI is InChI=1S/C15H16N4O.C2H6/c1-11-9-12(18-6-2-3-7-18)10-14-16-15(17-19(11)14)13-5-4-8-20-13;1-2/h4-5,8-10H,2-3,6-7H2,1H3;1-2H3. The van der Waals surface area contributed by atoms with E-state index in [2.05, 4.69) is 34.0 Å². The van der Waals surface area contributed by atoms with Gasteiger partial charge in [0.05, 0.1) is 6.26 Å². The van der Waals surface area contributed by atoms with E-state index in [0.717, 1.165) is 24.4 Å². The first-order valence-corrected chi connectivity index (χ1v) is 7.97. The van der Waals surface area contributed by atoms with Crippen LogP contribution in [-0.2, 0) is 0 Å². The van der Waals surface area contributed by atoms with E-state index in [1.807, 2.05) is 30.5 Å². The Kier molecular flexibility index (Phi) is 4.13. The Hall–Kier alpha value is -2.30. The largest absolute Gasteiger partial charge is 0.461 e. The summed E-state index contributed by atoms with van der Waals surface area (Å²) in [7, 11) is 0. The number of hydrogen-bond donors (Lipinski definition) is 0. The van der Waals surface area contributed by atoms with Crippen LogP contribution in [0.4, 0.5) is 5.69 Å².